The highest BCUT2D eigenvalue weighted by Gasteiger charge is 2.44. The van der Waals surface area contributed by atoms with Crippen LogP contribution in [0.15, 0.2) is 42.5 Å². The van der Waals surface area contributed by atoms with Crippen LogP contribution in [0.5, 0.6) is 0 Å². The van der Waals surface area contributed by atoms with E-state index >= 15 is 0 Å². The summed E-state index contributed by atoms with van der Waals surface area (Å²) in [6, 6.07) is 10.4. The summed E-state index contributed by atoms with van der Waals surface area (Å²) in [5.41, 5.74) is 2.01. The summed E-state index contributed by atoms with van der Waals surface area (Å²) in [4.78, 5) is 66.3. The summed E-state index contributed by atoms with van der Waals surface area (Å²) < 4.78 is 0. The molecule has 1 saturated carbocycles. The number of carbonyl (C=O) groups is 5. The minimum Gasteiger partial charge on any atom is -0.481 e. The van der Waals surface area contributed by atoms with Crippen molar-refractivity contribution < 1.29 is 34.2 Å². The fourth-order valence-corrected chi connectivity index (χ4v) is 5.80. The highest BCUT2D eigenvalue weighted by molar-refractivity contribution is 6.21. The number of rotatable bonds is 5. The Hall–Kier alpha value is -4.01. The van der Waals surface area contributed by atoms with Crippen LogP contribution in [0.25, 0.3) is 0 Å². The van der Waals surface area contributed by atoms with Gasteiger partial charge in [0.05, 0.1) is 41.1 Å². The number of imide groups is 1. The van der Waals surface area contributed by atoms with Crippen molar-refractivity contribution in [2.75, 3.05) is 13.1 Å². The molecule has 2 aliphatic heterocycles. The van der Waals surface area contributed by atoms with Gasteiger partial charge in [-0.15, -0.1) is 0 Å². The maximum Gasteiger partial charge on any atom is 0.335 e. The number of fused-ring (bicyclic) bond motifs is 2. The maximum atomic E-state index is 13.8. The number of benzene rings is 2. The van der Waals surface area contributed by atoms with Crippen LogP contribution in [0.4, 0.5) is 0 Å². The van der Waals surface area contributed by atoms with E-state index in [0.29, 0.717) is 24.8 Å². The first kappa shape index (κ1) is 23.7. The number of nitrogens with zero attached hydrogens (tertiary/aromatic N) is 2. The van der Waals surface area contributed by atoms with E-state index in [9.17, 15) is 34.2 Å². The Balaban J connectivity index is 1.54. The molecule has 9 nitrogen and oxygen atoms in total. The topological polar surface area (TPSA) is 132 Å². The molecular weight excluding hydrogens is 464 g/mol. The quantitative estimate of drug-likeness (QED) is 0.616. The van der Waals surface area contributed by atoms with Gasteiger partial charge in [-0.3, -0.25) is 24.1 Å². The standard InChI is InChI=1S/C27H26N2O7/c30-23(19-7-3-4-8-20(19)27(35)36)28-12-11-15-9-10-16(26(33)34)13-21(15)22(28)14-29-24(31)17-5-1-2-6-18(17)25(29)32/h1-2,5-6,9-10,13,19-20,22H,3-4,7-8,11-12,14H2,(H,33,34)(H,35,36)/t19-,20+,22-/m1/s1. The molecular formula is C27H26N2O7. The summed E-state index contributed by atoms with van der Waals surface area (Å²) in [6.45, 7) is 0.146. The minimum absolute atomic E-state index is 0.0384. The molecule has 0 saturated heterocycles. The first-order chi connectivity index (χ1) is 17.3. The van der Waals surface area contributed by atoms with E-state index in [2.05, 4.69) is 0 Å². The molecule has 36 heavy (non-hydrogen) atoms. The SMILES string of the molecule is O=C(O)c1ccc2c(c1)[C@@H](CN1C(=O)c3ccccc3C1=O)N(C(=O)[C@@H]1CCCC[C@@H]1C(=O)O)CC2. The average molecular weight is 491 g/mol. The summed E-state index contributed by atoms with van der Waals surface area (Å²) in [7, 11) is 0. The molecule has 2 heterocycles. The van der Waals surface area contributed by atoms with Crippen LogP contribution in [0.2, 0.25) is 0 Å². The summed E-state index contributed by atoms with van der Waals surface area (Å²) in [5, 5.41) is 19.3. The third-order valence-corrected chi connectivity index (χ3v) is 7.67. The van der Waals surface area contributed by atoms with Crippen LogP contribution in [-0.4, -0.2) is 62.8 Å². The second-order valence-electron chi connectivity index (χ2n) is 9.62. The van der Waals surface area contributed by atoms with Crippen LogP contribution in [0, 0.1) is 11.8 Å². The van der Waals surface area contributed by atoms with Gasteiger partial charge in [0.1, 0.15) is 0 Å². The zero-order valence-corrected chi connectivity index (χ0v) is 19.6. The van der Waals surface area contributed by atoms with Crippen molar-refractivity contribution in [3.63, 3.8) is 0 Å². The van der Waals surface area contributed by atoms with E-state index in [-0.39, 0.29) is 35.7 Å². The number of carboxylic acid groups (broad SMARTS) is 2. The molecule has 3 amide bonds. The van der Waals surface area contributed by atoms with Gasteiger partial charge in [0, 0.05) is 6.54 Å². The molecule has 1 fully saturated rings. The molecule has 0 unspecified atom stereocenters. The van der Waals surface area contributed by atoms with Gasteiger partial charge in [0.15, 0.2) is 0 Å². The number of amides is 3. The normalized spacial score (nSPS) is 23.3. The van der Waals surface area contributed by atoms with E-state index in [1.54, 1.807) is 35.2 Å². The summed E-state index contributed by atoms with van der Waals surface area (Å²) >= 11 is 0. The van der Waals surface area contributed by atoms with E-state index in [4.69, 9.17) is 0 Å². The van der Waals surface area contributed by atoms with Gasteiger partial charge in [0.2, 0.25) is 5.91 Å². The second kappa shape index (κ2) is 9.22. The highest BCUT2D eigenvalue weighted by atomic mass is 16.4. The van der Waals surface area contributed by atoms with Crippen LogP contribution in [0.1, 0.15) is 73.9 Å². The van der Waals surface area contributed by atoms with Crippen molar-refractivity contribution in [3.05, 3.63) is 70.3 Å². The van der Waals surface area contributed by atoms with Gasteiger partial charge in [-0.25, -0.2) is 4.79 Å². The predicted molar refractivity (Wildman–Crippen MR) is 126 cm³/mol. The Bertz CT molecular complexity index is 1250. The molecule has 3 aliphatic rings. The van der Waals surface area contributed by atoms with Gasteiger partial charge in [-0.1, -0.05) is 31.0 Å². The first-order valence-electron chi connectivity index (χ1n) is 12.1. The molecule has 2 aromatic carbocycles. The molecule has 0 bridgehead atoms. The monoisotopic (exact) mass is 490 g/mol. The summed E-state index contributed by atoms with van der Waals surface area (Å²) in [5.74, 6) is -4.89. The molecule has 0 spiro atoms. The molecule has 3 atom stereocenters. The number of hydrogen-bond donors (Lipinski definition) is 2. The number of hydrogen-bond acceptors (Lipinski definition) is 5. The Morgan fingerprint density at radius 3 is 2.14 bits per heavy atom. The van der Waals surface area contributed by atoms with Gasteiger partial charge in [-0.2, -0.15) is 0 Å². The summed E-state index contributed by atoms with van der Waals surface area (Å²) in [6.07, 6.45) is 2.82. The van der Waals surface area contributed by atoms with E-state index in [1.165, 1.54) is 12.1 Å². The molecule has 5 rings (SSSR count). The predicted octanol–water partition coefficient (Wildman–Crippen LogP) is 3.00. The van der Waals surface area contributed by atoms with Gasteiger partial charge >= 0.3 is 11.9 Å². The molecule has 9 heteroatoms. The average Bonchev–Trinajstić information content (AvgIpc) is 3.13. The van der Waals surface area contributed by atoms with Crippen molar-refractivity contribution >= 4 is 29.7 Å². The number of carboxylic acids is 2. The number of aromatic carboxylic acids is 1. The lowest BCUT2D eigenvalue weighted by atomic mass is 9.77. The number of carbonyl (C=O) groups excluding carboxylic acids is 3. The Morgan fingerprint density at radius 1 is 0.889 bits per heavy atom. The third kappa shape index (κ3) is 3.94. The molecule has 1 aliphatic carbocycles. The van der Waals surface area contributed by atoms with Crippen LogP contribution >= 0.6 is 0 Å². The highest BCUT2D eigenvalue weighted by Crippen LogP contribution is 2.38. The van der Waals surface area contributed by atoms with Gasteiger partial charge < -0.3 is 15.1 Å². The van der Waals surface area contributed by atoms with Crippen molar-refractivity contribution in [2.24, 2.45) is 11.8 Å². The van der Waals surface area contributed by atoms with Crippen molar-refractivity contribution in [2.45, 2.75) is 38.1 Å². The first-order valence-corrected chi connectivity index (χ1v) is 12.1. The van der Waals surface area contributed by atoms with Gasteiger partial charge in [-0.05, 0) is 54.7 Å². The van der Waals surface area contributed by atoms with Crippen molar-refractivity contribution in [1.29, 1.82) is 0 Å². The molecule has 186 valence electrons. The molecule has 2 N–H and O–H groups in total. The van der Waals surface area contributed by atoms with Crippen molar-refractivity contribution in [1.82, 2.24) is 9.80 Å². The zero-order valence-electron chi connectivity index (χ0n) is 19.6. The van der Waals surface area contributed by atoms with E-state index in [1.807, 2.05) is 0 Å². The van der Waals surface area contributed by atoms with Gasteiger partial charge in [0.25, 0.3) is 11.8 Å². The largest absolute Gasteiger partial charge is 0.481 e. The zero-order chi connectivity index (χ0) is 25.6. The molecule has 2 aromatic rings. The van der Waals surface area contributed by atoms with Crippen LogP contribution in [0.3, 0.4) is 0 Å². The second-order valence-corrected chi connectivity index (χ2v) is 9.62. The smallest absolute Gasteiger partial charge is 0.335 e. The lowest BCUT2D eigenvalue weighted by molar-refractivity contribution is -0.153. The molecule has 0 radical (unpaired) electrons. The maximum absolute atomic E-state index is 13.8. The Morgan fingerprint density at radius 2 is 1.53 bits per heavy atom. The molecule has 0 aromatic heterocycles. The fourth-order valence-electron chi connectivity index (χ4n) is 5.80. The lowest BCUT2D eigenvalue weighted by Crippen LogP contribution is -2.50. The fraction of sp³-hybridized carbons (Fsp3) is 0.370. The van der Waals surface area contributed by atoms with E-state index in [0.717, 1.165) is 23.3 Å². The van der Waals surface area contributed by atoms with Crippen molar-refractivity contribution in [3.8, 4) is 0 Å². The Kier molecular flexibility index (Phi) is 6.07. The van der Waals surface area contributed by atoms with E-state index < -0.39 is 41.6 Å². The minimum atomic E-state index is -1.13. The van der Waals surface area contributed by atoms with Crippen LogP contribution < -0.4 is 0 Å². The Labute approximate surface area is 207 Å². The van der Waals surface area contributed by atoms with Crippen LogP contribution in [-0.2, 0) is 16.0 Å². The lowest BCUT2D eigenvalue weighted by Gasteiger charge is -2.42. The third-order valence-electron chi connectivity index (χ3n) is 7.67. The number of aliphatic carboxylic acids is 1.